The maximum absolute atomic E-state index is 12.5. The average Bonchev–Trinajstić information content (AvgIpc) is 2.73. The molecule has 2 aromatic rings. The topological polar surface area (TPSA) is 44.4 Å². The highest BCUT2D eigenvalue weighted by molar-refractivity contribution is 7.80. The van der Waals surface area contributed by atoms with Crippen LogP contribution in [0.2, 0.25) is 0 Å². The minimum Gasteiger partial charge on any atom is -0.356 e. The molecule has 5 heteroatoms. The normalized spacial score (nSPS) is 15.1. The molecule has 0 spiro atoms. The van der Waals surface area contributed by atoms with E-state index in [2.05, 4.69) is 29.7 Å². The summed E-state index contributed by atoms with van der Waals surface area (Å²) in [4.78, 5) is 14.5. The largest absolute Gasteiger partial charge is 0.356 e. The first-order valence-corrected chi connectivity index (χ1v) is 10.1. The molecule has 1 fully saturated rings. The monoisotopic (exact) mass is 381 g/mol. The number of thiocarbonyl (C=S) groups is 1. The quantitative estimate of drug-likeness (QED) is 0.734. The summed E-state index contributed by atoms with van der Waals surface area (Å²) in [5.41, 5.74) is 2.83. The number of carbonyl (C=O) groups excluding carboxylic acids is 1. The van der Waals surface area contributed by atoms with Gasteiger partial charge in [-0.3, -0.25) is 4.79 Å². The minimum absolute atomic E-state index is 0.122. The van der Waals surface area contributed by atoms with Crippen molar-refractivity contribution in [2.24, 2.45) is 0 Å². The molecule has 0 radical (unpaired) electrons. The van der Waals surface area contributed by atoms with Crippen molar-refractivity contribution in [2.45, 2.75) is 38.6 Å². The number of likely N-dealkylation sites (tertiary alicyclic amines) is 1. The summed E-state index contributed by atoms with van der Waals surface area (Å²) in [5, 5.41) is 7.17. The highest BCUT2D eigenvalue weighted by Crippen LogP contribution is 2.18. The van der Waals surface area contributed by atoms with Crippen LogP contribution in [0, 0.1) is 0 Å². The Morgan fingerprint density at radius 3 is 2.33 bits per heavy atom. The number of rotatable bonds is 5. The lowest BCUT2D eigenvalue weighted by Crippen LogP contribution is -2.35. The van der Waals surface area contributed by atoms with Crippen LogP contribution in [0.15, 0.2) is 54.6 Å². The molecule has 0 aliphatic carbocycles. The number of piperidine rings is 1. The van der Waals surface area contributed by atoms with E-state index in [1.165, 1.54) is 12.0 Å². The highest BCUT2D eigenvalue weighted by Gasteiger charge is 2.18. The minimum atomic E-state index is 0.122. The van der Waals surface area contributed by atoms with Crippen molar-refractivity contribution in [1.29, 1.82) is 0 Å². The Bertz CT molecular complexity index is 755. The Morgan fingerprint density at radius 2 is 1.70 bits per heavy atom. The molecule has 0 bridgehead atoms. The molecule has 27 heavy (non-hydrogen) atoms. The molecule has 3 rings (SSSR count). The Hall–Kier alpha value is -2.40. The van der Waals surface area contributed by atoms with E-state index in [1.54, 1.807) is 0 Å². The van der Waals surface area contributed by atoms with Crippen molar-refractivity contribution in [1.82, 2.24) is 10.2 Å². The van der Waals surface area contributed by atoms with Crippen molar-refractivity contribution in [3.63, 3.8) is 0 Å². The number of amides is 1. The van der Waals surface area contributed by atoms with Gasteiger partial charge in [-0.05, 0) is 67.7 Å². The second-order valence-electron chi connectivity index (χ2n) is 6.90. The molecule has 1 atom stereocenters. The molecule has 2 N–H and O–H groups in total. The van der Waals surface area contributed by atoms with Crippen LogP contribution in [-0.2, 0) is 0 Å². The molecule has 1 unspecified atom stereocenters. The summed E-state index contributed by atoms with van der Waals surface area (Å²) in [7, 11) is 0. The maximum Gasteiger partial charge on any atom is 0.253 e. The SMILES string of the molecule is CCC(NC(=S)Nc1ccc(C(=O)N2CCCCC2)cc1)c1ccccc1. The molecule has 1 heterocycles. The molecular formula is C22H27N3OS. The van der Waals surface area contributed by atoms with Crippen LogP contribution in [0.4, 0.5) is 5.69 Å². The average molecular weight is 382 g/mol. The second kappa shape index (κ2) is 9.51. The van der Waals surface area contributed by atoms with E-state index in [4.69, 9.17) is 12.2 Å². The molecule has 4 nitrogen and oxygen atoms in total. The smallest absolute Gasteiger partial charge is 0.253 e. The summed E-state index contributed by atoms with van der Waals surface area (Å²) in [6.45, 7) is 3.86. The summed E-state index contributed by atoms with van der Waals surface area (Å²) in [6.07, 6.45) is 4.37. The van der Waals surface area contributed by atoms with E-state index in [1.807, 2.05) is 47.4 Å². The van der Waals surface area contributed by atoms with Gasteiger partial charge in [-0.15, -0.1) is 0 Å². The molecule has 1 saturated heterocycles. The van der Waals surface area contributed by atoms with E-state index in [-0.39, 0.29) is 11.9 Å². The molecule has 1 aliphatic heterocycles. The molecular weight excluding hydrogens is 354 g/mol. The van der Waals surface area contributed by atoms with Crippen molar-refractivity contribution >= 4 is 28.9 Å². The first kappa shape index (κ1) is 19.4. The third-order valence-electron chi connectivity index (χ3n) is 4.95. The highest BCUT2D eigenvalue weighted by atomic mass is 32.1. The zero-order valence-electron chi connectivity index (χ0n) is 15.8. The lowest BCUT2D eigenvalue weighted by Gasteiger charge is -2.26. The van der Waals surface area contributed by atoms with Gasteiger partial charge in [0.15, 0.2) is 5.11 Å². The number of hydrogen-bond acceptors (Lipinski definition) is 2. The van der Waals surface area contributed by atoms with Gasteiger partial charge >= 0.3 is 0 Å². The Labute approximate surface area is 167 Å². The van der Waals surface area contributed by atoms with Crippen LogP contribution in [0.25, 0.3) is 0 Å². The van der Waals surface area contributed by atoms with Gasteiger partial charge in [0.05, 0.1) is 6.04 Å². The summed E-state index contributed by atoms with van der Waals surface area (Å²) in [5.74, 6) is 0.122. The van der Waals surface area contributed by atoms with Crippen LogP contribution in [0.5, 0.6) is 0 Å². The predicted octanol–water partition coefficient (Wildman–Crippen LogP) is 4.75. The molecule has 142 valence electrons. The van der Waals surface area contributed by atoms with Gasteiger partial charge in [-0.1, -0.05) is 37.3 Å². The lowest BCUT2D eigenvalue weighted by atomic mass is 10.1. The number of hydrogen-bond donors (Lipinski definition) is 2. The van der Waals surface area contributed by atoms with Crippen LogP contribution in [0.3, 0.4) is 0 Å². The third kappa shape index (κ3) is 5.30. The Kier molecular flexibility index (Phi) is 6.82. The number of benzene rings is 2. The zero-order chi connectivity index (χ0) is 19.1. The van der Waals surface area contributed by atoms with Gasteiger partial charge in [0.1, 0.15) is 0 Å². The summed E-state index contributed by atoms with van der Waals surface area (Å²) >= 11 is 5.47. The van der Waals surface area contributed by atoms with E-state index in [0.717, 1.165) is 43.6 Å². The van der Waals surface area contributed by atoms with Gasteiger partial charge in [-0.25, -0.2) is 0 Å². The van der Waals surface area contributed by atoms with Gasteiger partial charge < -0.3 is 15.5 Å². The van der Waals surface area contributed by atoms with Gasteiger partial charge in [-0.2, -0.15) is 0 Å². The summed E-state index contributed by atoms with van der Waals surface area (Å²) < 4.78 is 0. The standard InChI is InChI=1S/C22H27N3OS/c1-2-20(17-9-5-3-6-10-17)24-22(27)23-19-13-11-18(12-14-19)21(26)25-15-7-4-8-16-25/h3,5-6,9-14,20H,2,4,7-8,15-16H2,1H3,(H2,23,24,27). The number of nitrogens with zero attached hydrogens (tertiary/aromatic N) is 1. The van der Waals surface area contributed by atoms with Crippen molar-refractivity contribution in [2.75, 3.05) is 18.4 Å². The number of carbonyl (C=O) groups is 1. The number of anilines is 1. The molecule has 0 aromatic heterocycles. The van der Waals surface area contributed by atoms with E-state index in [0.29, 0.717) is 5.11 Å². The fourth-order valence-electron chi connectivity index (χ4n) is 3.41. The molecule has 2 aromatic carbocycles. The van der Waals surface area contributed by atoms with Crippen molar-refractivity contribution in [3.8, 4) is 0 Å². The third-order valence-corrected chi connectivity index (χ3v) is 5.17. The zero-order valence-corrected chi connectivity index (χ0v) is 16.6. The van der Waals surface area contributed by atoms with Crippen LogP contribution >= 0.6 is 12.2 Å². The predicted molar refractivity (Wildman–Crippen MR) is 115 cm³/mol. The van der Waals surface area contributed by atoms with E-state index in [9.17, 15) is 4.79 Å². The van der Waals surface area contributed by atoms with Gasteiger partial charge in [0, 0.05) is 24.3 Å². The maximum atomic E-state index is 12.5. The van der Waals surface area contributed by atoms with Crippen molar-refractivity contribution < 1.29 is 4.79 Å². The molecule has 0 saturated carbocycles. The van der Waals surface area contributed by atoms with E-state index < -0.39 is 0 Å². The fourth-order valence-corrected chi connectivity index (χ4v) is 3.67. The van der Waals surface area contributed by atoms with Crippen LogP contribution in [0.1, 0.15) is 54.6 Å². The van der Waals surface area contributed by atoms with Crippen LogP contribution < -0.4 is 10.6 Å². The van der Waals surface area contributed by atoms with Crippen molar-refractivity contribution in [3.05, 3.63) is 65.7 Å². The Morgan fingerprint density at radius 1 is 1.04 bits per heavy atom. The fraction of sp³-hybridized carbons (Fsp3) is 0.364. The van der Waals surface area contributed by atoms with E-state index >= 15 is 0 Å². The molecule has 1 aliphatic rings. The summed E-state index contributed by atoms with van der Waals surface area (Å²) in [6, 6.07) is 18.0. The first-order chi connectivity index (χ1) is 13.2. The second-order valence-corrected chi connectivity index (χ2v) is 7.31. The Balaban J connectivity index is 1.57. The van der Waals surface area contributed by atoms with Gasteiger partial charge in [0.2, 0.25) is 0 Å². The molecule has 1 amide bonds. The van der Waals surface area contributed by atoms with Gasteiger partial charge in [0.25, 0.3) is 5.91 Å². The number of nitrogens with one attached hydrogen (secondary N) is 2. The lowest BCUT2D eigenvalue weighted by molar-refractivity contribution is 0.0724. The van der Waals surface area contributed by atoms with Crippen LogP contribution in [-0.4, -0.2) is 29.0 Å². The first-order valence-electron chi connectivity index (χ1n) is 9.69.